The Morgan fingerprint density at radius 1 is 1.23 bits per heavy atom. The van der Waals surface area contributed by atoms with Gasteiger partial charge in [0.05, 0.1) is 14.2 Å². The zero-order chi connectivity index (χ0) is 15.9. The van der Waals surface area contributed by atoms with Gasteiger partial charge in [-0.15, -0.1) is 0 Å². The lowest BCUT2D eigenvalue weighted by Gasteiger charge is -2.27. The lowest BCUT2D eigenvalue weighted by atomic mass is 10.1. The van der Waals surface area contributed by atoms with Gasteiger partial charge in [-0.25, -0.2) is 0 Å². The number of nitrogens with one attached hydrogen (secondary N) is 1. The first-order chi connectivity index (χ1) is 10.7. The van der Waals surface area contributed by atoms with E-state index in [1.807, 2.05) is 11.0 Å². The van der Waals surface area contributed by atoms with E-state index in [9.17, 15) is 4.79 Å². The Labute approximate surface area is 136 Å². The minimum atomic E-state index is 0.220. The van der Waals surface area contributed by atoms with E-state index >= 15 is 0 Å². The van der Waals surface area contributed by atoms with Crippen LogP contribution in [-0.2, 0) is 11.2 Å². The normalized spacial score (nSPS) is 14.8. The number of carbonyl (C=O) groups is 1. The summed E-state index contributed by atoms with van der Waals surface area (Å²) in [6, 6.07) is 3.64. The van der Waals surface area contributed by atoms with Crippen LogP contribution in [0.1, 0.15) is 18.4 Å². The predicted octanol–water partition coefficient (Wildman–Crippen LogP) is 2.11. The van der Waals surface area contributed by atoms with Crippen molar-refractivity contribution in [2.24, 2.45) is 0 Å². The number of halogens is 1. The van der Waals surface area contributed by atoms with Crippen molar-refractivity contribution in [2.75, 3.05) is 40.4 Å². The second-order valence-corrected chi connectivity index (χ2v) is 5.69. The molecule has 22 heavy (non-hydrogen) atoms. The summed E-state index contributed by atoms with van der Waals surface area (Å²) < 4.78 is 10.5. The van der Waals surface area contributed by atoms with Crippen LogP contribution in [0.2, 0.25) is 5.02 Å². The summed E-state index contributed by atoms with van der Waals surface area (Å²) >= 11 is 6.26. The van der Waals surface area contributed by atoms with Gasteiger partial charge in [0, 0.05) is 43.7 Å². The molecule has 0 saturated carbocycles. The molecule has 6 heteroatoms. The van der Waals surface area contributed by atoms with Crippen LogP contribution in [0.25, 0.3) is 0 Å². The van der Waals surface area contributed by atoms with E-state index in [0.717, 1.165) is 44.6 Å². The number of aryl methyl sites for hydroxylation is 1. The highest BCUT2D eigenvalue weighted by Gasteiger charge is 2.16. The predicted molar refractivity (Wildman–Crippen MR) is 86.9 cm³/mol. The van der Waals surface area contributed by atoms with E-state index in [-0.39, 0.29) is 5.91 Å². The van der Waals surface area contributed by atoms with Gasteiger partial charge in [-0.05, 0) is 24.5 Å². The van der Waals surface area contributed by atoms with Gasteiger partial charge in [-0.3, -0.25) is 4.79 Å². The maximum atomic E-state index is 12.1. The summed E-state index contributed by atoms with van der Waals surface area (Å²) in [6.45, 7) is 3.37. The first-order valence-corrected chi connectivity index (χ1v) is 7.92. The van der Waals surface area contributed by atoms with Crippen molar-refractivity contribution < 1.29 is 14.3 Å². The molecule has 1 N–H and O–H groups in total. The van der Waals surface area contributed by atoms with Crippen LogP contribution in [0.15, 0.2) is 12.1 Å². The second kappa shape index (κ2) is 8.25. The van der Waals surface area contributed by atoms with Crippen LogP contribution in [0.3, 0.4) is 0 Å². The second-order valence-electron chi connectivity index (χ2n) is 5.28. The van der Waals surface area contributed by atoms with E-state index in [2.05, 4.69) is 5.32 Å². The van der Waals surface area contributed by atoms with Gasteiger partial charge in [0.2, 0.25) is 5.91 Å². The van der Waals surface area contributed by atoms with Crippen LogP contribution < -0.4 is 14.8 Å². The largest absolute Gasteiger partial charge is 0.493 e. The Morgan fingerprint density at radius 3 is 2.50 bits per heavy atom. The SMILES string of the molecule is COc1cc(Cl)c(CCCC(=O)N2CCNCC2)cc1OC. The topological polar surface area (TPSA) is 50.8 Å². The fourth-order valence-electron chi connectivity index (χ4n) is 2.59. The van der Waals surface area contributed by atoms with E-state index in [4.69, 9.17) is 21.1 Å². The van der Waals surface area contributed by atoms with Gasteiger partial charge in [0.1, 0.15) is 0 Å². The number of methoxy groups -OCH3 is 2. The van der Waals surface area contributed by atoms with Crippen LogP contribution in [-0.4, -0.2) is 51.2 Å². The molecular formula is C16H23ClN2O3. The number of piperazine rings is 1. The summed E-state index contributed by atoms with van der Waals surface area (Å²) in [5, 5.41) is 3.89. The molecule has 1 amide bonds. The highest BCUT2D eigenvalue weighted by atomic mass is 35.5. The van der Waals surface area contributed by atoms with Gasteiger partial charge >= 0.3 is 0 Å². The van der Waals surface area contributed by atoms with Crippen molar-refractivity contribution in [3.05, 3.63) is 22.7 Å². The lowest BCUT2D eigenvalue weighted by molar-refractivity contribution is -0.131. The van der Waals surface area contributed by atoms with Crippen LogP contribution in [0.5, 0.6) is 11.5 Å². The van der Waals surface area contributed by atoms with Crippen LogP contribution in [0.4, 0.5) is 0 Å². The summed E-state index contributed by atoms with van der Waals surface area (Å²) in [5.74, 6) is 1.50. The highest BCUT2D eigenvalue weighted by molar-refractivity contribution is 6.31. The maximum Gasteiger partial charge on any atom is 0.222 e. The molecule has 2 rings (SSSR count). The molecule has 1 fully saturated rings. The molecule has 0 unspecified atom stereocenters. The molecule has 1 aliphatic rings. The molecule has 1 heterocycles. The quantitative estimate of drug-likeness (QED) is 0.870. The number of nitrogens with zero attached hydrogens (tertiary/aromatic N) is 1. The van der Waals surface area contributed by atoms with Crippen molar-refractivity contribution in [3.63, 3.8) is 0 Å². The Bertz CT molecular complexity index is 516. The minimum Gasteiger partial charge on any atom is -0.493 e. The molecule has 0 aliphatic carbocycles. The smallest absolute Gasteiger partial charge is 0.222 e. The fraction of sp³-hybridized carbons (Fsp3) is 0.562. The Morgan fingerprint density at radius 2 is 1.86 bits per heavy atom. The molecule has 0 bridgehead atoms. The number of amides is 1. The highest BCUT2D eigenvalue weighted by Crippen LogP contribution is 2.33. The molecular weight excluding hydrogens is 304 g/mol. The fourth-order valence-corrected chi connectivity index (χ4v) is 2.84. The molecule has 1 aromatic carbocycles. The molecule has 122 valence electrons. The van der Waals surface area contributed by atoms with Gasteiger partial charge < -0.3 is 19.7 Å². The third kappa shape index (κ3) is 4.27. The zero-order valence-corrected chi connectivity index (χ0v) is 13.9. The number of benzene rings is 1. The average molecular weight is 327 g/mol. The van der Waals surface area contributed by atoms with E-state index < -0.39 is 0 Å². The maximum absolute atomic E-state index is 12.1. The van der Waals surface area contributed by atoms with Gasteiger partial charge in [-0.2, -0.15) is 0 Å². The van der Waals surface area contributed by atoms with Gasteiger partial charge in [0.15, 0.2) is 11.5 Å². The molecule has 1 saturated heterocycles. The zero-order valence-electron chi connectivity index (χ0n) is 13.2. The number of carbonyl (C=O) groups excluding carboxylic acids is 1. The van der Waals surface area contributed by atoms with Crippen LogP contribution >= 0.6 is 11.6 Å². The Hall–Kier alpha value is -1.46. The van der Waals surface area contributed by atoms with Crippen molar-refractivity contribution in [1.29, 1.82) is 0 Å². The summed E-state index contributed by atoms with van der Waals surface area (Å²) in [4.78, 5) is 14.0. The molecule has 1 aromatic rings. The van der Waals surface area contributed by atoms with Crippen molar-refractivity contribution in [3.8, 4) is 11.5 Å². The number of hydrogen-bond acceptors (Lipinski definition) is 4. The van der Waals surface area contributed by atoms with E-state index in [1.165, 1.54) is 0 Å². The molecule has 1 aliphatic heterocycles. The van der Waals surface area contributed by atoms with Gasteiger partial charge in [-0.1, -0.05) is 11.6 Å². The van der Waals surface area contributed by atoms with Gasteiger partial charge in [0.25, 0.3) is 0 Å². The van der Waals surface area contributed by atoms with Crippen molar-refractivity contribution in [2.45, 2.75) is 19.3 Å². The standard InChI is InChI=1S/C16H23ClN2O3/c1-21-14-10-12(13(17)11-15(14)22-2)4-3-5-16(20)19-8-6-18-7-9-19/h10-11,18H,3-9H2,1-2H3. The summed E-state index contributed by atoms with van der Waals surface area (Å²) in [7, 11) is 3.18. The molecule has 0 aromatic heterocycles. The van der Waals surface area contributed by atoms with E-state index in [1.54, 1.807) is 20.3 Å². The first kappa shape index (κ1) is 16.9. The number of ether oxygens (including phenoxy) is 2. The Kier molecular flexibility index (Phi) is 6.34. The van der Waals surface area contributed by atoms with E-state index in [0.29, 0.717) is 22.9 Å². The Balaban J connectivity index is 1.89. The third-order valence-corrected chi connectivity index (χ3v) is 4.21. The van der Waals surface area contributed by atoms with Crippen molar-refractivity contribution >= 4 is 17.5 Å². The lowest BCUT2D eigenvalue weighted by Crippen LogP contribution is -2.46. The number of hydrogen-bond donors (Lipinski definition) is 1. The molecule has 0 spiro atoms. The third-order valence-electron chi connectivity index (χ3n) is 3.86. The summed E-state index contributed by atoms with van der Waals surface area (Å²) in [5.41, 5.74) is 0.979. The van der Waals surface area contributed by atoms with Crippen LogP contribution in [0, 0.1) is 0 Å². The molecule has 0 atom stereocenters. The molecule has 5 nitrogen and oxygen atoms in total. The molecule has 0 radical (unpaired) electrons. The number of rotatable bonds is 6. The monoisotopic (exact) mass is 326 g/mol. The van der Waals surface area contributed by atoms with Crippen molar-refractivity contribution in [1.82, 2.24) is 10.2 Å². The average Bonchev–Trinajstić information content (AvgIpc) is 2.56. The minimum absolute atomic E-state index is 0.220. The summed E-state index contributed by atoms with van der Waals surface area (Å²) in [6.07, 6.45) is 2.07. The first-order valence-electron chi connectivity index (χ1n) is 7.54.